The quantitative estimate of drug-likeness (QED) is 0.874. The second-order valence-electron chi connectivity index (χ2n) is 5.13. The molecule has 3 N–H and O–H groups in total. The normalized spacial score (nSPS) is 16.1. The van der Waals surface area contributed by atoms with E-state index in [1.165, 1.54) is 7.11 Å². The first kappa shape index (κ1) is 15.6. The third-order valence-electron chi connectivity index (χ3n) is 3.71. The molecule has 0 bridgehead atoms. The summed E-state index contributed by atoms with van der Waals surface area (Å²) in [6, 6.07) is 10.1. The van der Waals surface area contributed by atoms with Gasteiger partial charge in [-0.05, 0) is 17.7 Å². The molecule has 1 aliphatic rings. The molecule has 2 heterocycles. The van der Waals surface area contributed by atoms with E-state index < -0.39 is 18.0 Å². The van der Waals surface area contributed by atoms with E-state index in [-0.39, 0.29) is 28.7 Å². The molecule has 122 valence electrons. The standard InChI is InChI=1S/C17H14N2O5/c1-22-10-4-2-3-9(5-10)14-12(7-18)17(19)24-15-13(21)6-11(8-20)23-16(14)15/h2-6,14,20H,8,19H2,1H3/t14-/m0/s1. The van der Waals surface area contributed by atoms with E-state index in [0.717, 1.165) is 6.07 Å². The summed E-state index contributed by atoms with van der Waals surface area (Å²) in [6.45, 7) is -0.450. The van der Waals surface area contributed by atoms with Gasteiger partial charge < -0.3 is 24.7 Å². The average molecular weight is 326 g/mol. The highest BCUT2D eigenvalue weighted by Gasteiger charge is 2.35. The Balaban J connectivity index is 2.28. The molecule has 0 saturated carbocycles. The minimum Gasteiger partial charge on any atom is -0.497 e. The summed E-state index contributed by atoms with van der Waals surface area (Å²) >= 11 is 0. The molecular formula is C17H14N2O5. The van der Waals surface area contributed by atoms with Crippen LogP contribution in [-0.4, -0.2) is 12.2 Å². The predicted molar refractivity (Wildman–Crippen MR) is 83.2 cm³/mol. The highest BCUT2D eigenvalue weighted by molar-refractivity contribution is 5.52. The highest BCUT2D eigenvalue weighted by atomic mass is 16.5. The number of methoxy groups -OCH3 is 1. The molecule has 0 amide bonds. The smallest absolute Gasteiger partial charge is 0.228 e. The Morgan fingerprint density at radius 3 is 2.88 bits per heavy atom. The van der Waals surface area contributed by atoms with Crippen molar-refractivity contribution >= 4 is 0 Å². The molecule has 7 nitrogen and oxygen atoms in total. The molecule has 0 saturated heterocycles. The van der Waals surface area contributed by atoms with Gasteiger partial charge in [0.25, 0.3) is 0 Å². The fraction of sp³-hybridized carbons (Fsp3) is 0.176. The van der Waals surface area contributed by atoms with Gasteiger partial charge in [0, 0.05) is 6.07 Å². The van der Waals surface area contributed by atoms with Crippen molar-refractivity contribution in [1.29, 1.82) is 5.26 Å². The Labute approximate surface area is 137 Å². The van der Waals surface area contributed by atoms with E-state index in [2.05, 4.69) is 0 Å². The molecule has 1 aliphatic heterocycles. The Morgan fingerprint density at radius 2 is 2.21 bits per heavy atom. The van der Waals surface area contributed by atoms with Gasteiger partial charge in [0.2, 0.25) is 17.1 Å². The van der Waals surface area contributed by atoms with E-state index in [1.54, 1.807) is 24.3 Å². The van der Waals surface area contributed by atoms with Crippen LogP contribution in [0.1, 0.15) is 23.0 Å². The SMILES string of the molecule is COc1cccc([C@H]2C(C#N)=C(N)Oc3c2oc(CO)cc3=O)c1. The summed E-state index contributed by atoms with van der Waals surface area (Å²) in [7, 11) is 1.52. The molecule has 1 aromatic heterocycles. The first-order valence-electron chi connectivity index (χ1n) is 7.08. The predicted octanol–water partition coefficient (Wildman–Crippen LogP) is 1.36. The lowest BCUT2D eigenvalue weighted by Gasteiger charge is -2.25. The van der Waals surface area contributed by atoms with Crippen molar-refractivity contribution < 1.29 is 19.0 Å². The Morgan fingerprint density at radius 1 is 1.42 bits per heavy atom. The number of aliphatic hydroxyl groups is 1. The lowest BCUT2D eigenvalue weighted by Crippen LogP contribution is -2.25. The van der Waals surface area contributed by atoms with Crippen molar-refractivity contribution in [2.24, 2.45) is 5.73 Å². The lowest BCUT2D eigenvalue weighted by atomic mass is 9.87. The molecule has 7 heteroatoms. The zero-order valence-corrected chi connectivity index (χ0v) is 12.8. The van der Waals surface area contributed by atoms with Crippen LogP contribution in [0.2, 0.25) is 0 Å². The van der Waals surface area contributed by atoms with E-state index >= 15 is 0 Å². The average Bonchev–Trinajstić information content (AvgIpc) is 2.61. The number of hydrogen-bond acceptors (Lipinski definition) is 7. The number of fused-ring (bicyclic) bond motifs is 1. The van der Waals surface area contributed by atoms with Gasteiger partial charge in [-0.15, -0.1) is 0 Å². The monoisotopic (exact) mass is 326 g/mol. The number of nitriles is 1. The van der Waals surface area contributed by atoms with Crippen molar-refractivity contribution in [2.45, 2.75) is 12.5 Å². The van der Waals surface area contributed by atoms with Crippen molar-refractivity contribution in [3.05, 3.63) is 69.1 Å². The lowest BCUT2D eigenvalue weighted by molar-refractivity contribution is 0.231. The number of benzene rings is 1. The van der Waals surface area contributed by atoms with Crippen molar-refractivity contribution in [3.8, 4) is 17.6 Å². The maximum absolute atomic E-state index is 12.2. The zero-order valence-electron chi connectivity index (χ0n) is 12.8. The number of aliphatic hydroxyl groups excluding tert-OH is 1. The third kappa shape index (κ3) is 2.49. The molecule has 1 atom stereocenters. The van der Waals surface area contributed by atoms with Gasteiger partial charge >= 0.3 is 0 Å². The fourth-order valence-corrected chi connectivity index (χ4v) is 2.62. The summed E-state index contributed by atoms with van der Waals surface area (Å²) in [5.41, 5.74) is 6.11. The minimum atomic E-state index is -0.729. The minimum absolute atomic E-state index is 0.0769. The number of hydrogen-bond donors (Lipinski definition) is 2. The summed E-state index contributed by atoms with van der Waals surface area (Å²) in [5, 5.41) is 18.8. The van der Waals surface area contributed by atoms with Crippen LogP contribution in [0.5, 0.6) is 11.5 Å². The molecular weight excluding hydrogens is 312 g/mol. The molecule has 3 rings (SSSR count). The van der Waals surface area contributed by atoms with Crippen LogP contribution in [-0.2, 0) is 6.61 Å². The number of rotatable bonds is 3. The van der Waals surface area contributed by atoms with Gasteiger partial charge in [-0.3, -0.25) is 4.79 Å². The summed E-state index contributed by atoms with van der Waals surface area (Å²) in [4.78, 5) is 12.2. The van der Waals surface area contributed by atoms with Crippen LogP contribution in [0.4, 0.5) is 0 Å². The summed E-state index contributed by atoms with van der Waals surface area (Å²) in [5.74, 6) is -0.179. The number of allylic oxidation sites excluding steroid dienone is 1. The summed E-state index contributed by atoms with van der Waals surface area (Å²) < 4.78 is 16.1. The largest absolute Gasteiger partial charge is 0.497 e. The highest BCUT2D eigenvalue weighted by Crippen LogP contribution is 2.41. The molecule has 2 aromatic rings. The topological polar surface area (TPSA) is 119 Å². The van der Waals surface area contributed by atoms with Gasteiger partial charge in [-0.2, -0.15) is 5.26 Å². The van der Waals surface area contributed by atoms with Crippen LogP contribution in [0.25, 0.3) is 0 Å². The molecule has 1 aromatic carbocycles. The second-order valence-corrected chi connectivity index (χ2v) is 5.13. The zero-order chi connectivity index (χ0) is 17.3. The van der Waals surface area contributed by atoms with Gasteiger partial charge in [0.1, 0.15) is 29.8 Å². The first-order valence-corrected chi connectivity index (χ1v) is 7.08. The van der Waals surface area contributed by atoms with Crippen LogP contribution in [0.3, 0.4) is 0 Å². The van der Waals surface area contributed by atoms with E-state index in [1.807, 2.05) is 6.07 Å². The van der Waals surface area contributed by atoms with E-state index in [9.17, 15) is 15.2 Å². The van der Waals surface area contributed by atoms with Gasteiger partial charge in [0.15, 0.2) is 5.76 Å². The van der Waals surface area contributed by atoms with Crippen molar-refractivity contribution in [1.82, 2.24) is 0 Å². The summed E-state index contributed by atoms with van der Waals surface area (Å²) in [6.07, 6.45) is 0. The van der Waals surface area contributed by atoms with Gasteiger partial charge in [-0.1, -0.05) is 12.1 Å². The van der Waals surface area contributed by atoms with Crippen LogP contribution in [0, 0.1) is 11.3 Å². The van der Waals surface area contributed by atoms with E-state index in [4.69, 9.17) is 19.6 Å². The van der Waals surface area contributed by atoms with Crippen LogP contribution >= 0.6 is 0 Å². The molecule has 0 unspecified atom stereocenters. The Hall–Kier alpha value is -3.24. The van der Waals surface area contributed by atoms with Crippen molar-refractivity contribution in [3.63, 3.8) is 0 Å². The molecule has 0 spiro atoms. The number of nitrogens with two attached hydrogens (primary N) is 1. The maximum atomic E-state index is 12.2. The van der Waals surface area contributed by atoms with Crippen LogP contribution in [0.15, 0.2) is 51.0 Å². The first-order chi connectivity index (χ1) is 11.6. The van der Waals surface area contributed by atoms with Gasteiger partial charge in [0.05, 0.1) is 13.0 Å². The molecule has 0 aliphatic carbocycles. The van der Waals surface area contributed by atoms with Crippen LogP contribution < -0.4 is 20.6 Å². The number of ether oxygens (including phenoxy) is 2. The molecule has 0 radical (unpaired) electrons. The molecule has 0 fully saturated rings. The van der Waals surface area contributed by atoms with Crippen molar-refractivity contribution in [2.75, 3.05) is 7.11 Å². The Bertz CT molecular complexity index is 923. The molecule has 24 heavy (non-hydrogen) atoms. The second kappa shape index (κ2) is 6.10. The third-order valence-corrected chi connectivity index (χ3v) is 3.71. The number of nitrogens with zero attached hydrogens (tertiary/aromatic N) is 1. The van der Waals surface area contributed by atoms with E-state index in [0.29, 0.717) is 11.3 Å². The maximum Gasteiger partial charge on any atom is 0.228 e. The van der Waals surface area contributed by atoms with Gasteiger partial charge in [-0.25, -0.2) is 0 Å². The Kier molecular flexibility index (Phi) is 3.98. The fourth-order valence-electron chi connectivity index (χ4n) is 2.62.